The van der Waals surface area contributed by atoms with Crippen molar-refractivity contribution in [1.82, 2.24) is 9.78 Å². The van der Waals surface area contributed by atoms with Crippen LogP contribution in [0.3, 0.4) is 0 Å². The minimum absolute atomic E-state index is 0.266. The third kappa shape index (κ3) is 2.63. The van der Waals surface area contributed by atoms with E-state index in [2.05, 4.69) is 5.10 Å². The van der Waals surface area contributed by atoms with Crippen LogP contribution in [0.2, 0.25) is 0 Å². The highest BCUT2D eigenvalue weighted by atomic mass is 16.4. The van der Waals surface area contributed by atoms with Crippen LogP contribution >= 0.6 is 0 Å². The Morgan fingerprint density at radius 1 is 1.05 bits per heavy atom. The first-order chi connectivity index (χ1) is 10.7. The normalized spacial score (nSPS) is 10.6. The summed E-state index contributed by atoms with van der Waals surface area (Å²) in [7, 11) is 0. The minimum atomic E-state index is -0.948. The number of carboxylic acid groups (broad SMARTS) is 1. The number of benzene rings is 2. The van der Waals surface area contributed by atoms with Gasteiger partial charge in [0.1, 0.15) is 5.56 Å². The molecule has 0 fully saturated rings. The molecule has 0 spiro atoms. The standard InChI is InChI=1S/C18H16N2O2/c1-13-16(18(21)22)17(15-10-6-3-7-11-15)20(19-13)12-14-8-4-2-5-9-14/h2-11H,12H2,1H3,(H,21,22). The quantitative estimate of drug-likeness (QED) is 0.799. The molecular formula is C18H16N2O2. The summed E-state index contributed by atoms with van der Waals surface area (Å²) in [5.74, 6) is -0.948. The van der Waals surface area contributed by atoms with Crippen LogP contribution in [0, 0.1) is 6.92 Å². The minimum Gasteiger partial charge on any atom is -0.478 e. The molecule has 1 N–H and O–H groups in total. The van der Waals surface area contributed by atoms with Crippen molar-refractivity contribution in [2.75, 3.05) is 0 Å². The molecule has 0 aliphatic rings. The van der Waals surface area contributed by atoms with E-state index in [0.717, 1.165) is 11.1 Å². The van der Waals surface area contributed by atoms with Gasteiger partial charge in [-0.2, -0.15) is 5.10 Å². The van der Waals surface area contributed by atoms with Crippen molar-refractivity contribution in [2.45, 2.75) is 13.5 Å². The van der Waals surface area contributed by atoms with Crippen molar-refractivity contribution in [3.8, 4) is 11.3 Å². The highest BCUT2D eigenvalue weighted by molar-refractivity contribution is 5.96. The average Bonchev–Trinajstić information content (AvgIpc) is 2.85. The summed E-state index contributed by atoms with van der Waals surface area (Å²) in [6.45, 7) is 2.27. The zero-order valence-electron chi connectivity index (χ0n) is 12.2. The van der Waals surface area contributed by atoms with E-state index in [-0.39, 0.29) is 5.56 Å². The van der Waals surface area contributed by atoms with Gasteiger partial charge in [-0.3, -0.25) is 4.68 Å². The van der Waals surface area contributed by atoms with E-state index < -0.39 is 5.97 Å². The van der Waals surface area contributed by atoms with Gasteiger partial charge in [-0.25, -0.2) is 4.79 Å². The maximum absolute atomic E-state index is 11.6. The van der Waals surface area contributed by atoms with Gasteiger partial charge < -0.3 is 5.11 Å². The molecule has 0 aliphatic heterocycles. The second-order valence-electron chi connectivity index (χ2n) is 5.12. The van der Waals surface area contributed by atoms with E-state index in [9.17, 15) is 9.90 Å². The van der Waals surface area contributed by atoms with Gasteiger partial charge in [-0.15, -0.1) is 0 Å². The second-order valence-corrected chi connectivity index (χ2v) is 5.12. The summed E-state index contributed by atoms with van der Waals surface area (Å²) in [6, 6.07) is 19.4. The molecule has 0 aliphatic carbocycles. The molecule has 4 nitrogen and oxygen atoms in total. The van der Waals surface area contributed by atoms with Crippen LogP contribution < -0.4 is 0 Å². The number of hydrogen-bond acceptors (Lipinski definition) is 2. The molecule has 1 aromatic heterocycles. The van der Waals surface area contributed by atoms with E-state index in [4.69, 9.17) is 0 Å². The molecule has 0 saturated carbocycles. The summed E-state index contributed by atoms with van der Waals surface area (Å²) in [4.78, 5) is 11.6. The summed E-state index contributed by atoms with van der Waals surface area (Å²) < 4.78 is 1.77. The first-order valence-corrected chi connectivity index (χ1v) is 7.07. The third-order valence-corrected chi connectivity index (χ3v) is 3.56. The molecule has 0 saturated heterocycles. The Kier molecular flexibility index (Phi) is 3.74. The van der Waals surface area contributed by atoms with E-state index in [1.165, 1.54) is 0 Å². The predicted molar refractivity (Wildman–Crippen MR) is 84.9 cm³/mol. The van der Waals surface area contributed by atoms with Gasteiger partial charge in [-0.05, 0) is 12.5 Å². The van der Waals surface area contributed by atoms with Crippen LogP contribution in [-0.2, 0) is 6.54 Å². The molecule has 2 aromatic carbocycles. The topological polar surface area (TPSA) is 55.1 Å². The van der Waals surface area contributed by atoms with Gasteiger partial charge in [0, 0.05) is 5.56 Å². The number of carboxylic acids is 1. The SMILES string of the molecule is Cc1nn(Cc2ccccc2)c(-c2ccccc2)c1C(=O)O. The van der Waals surface area contributed by atoms with Gasteiger partial charge in [0.2, 0.25) is 0 Å². The average molecular weight is 292 g/mol. The molecule has 1 heterocycles. The molecule has 0 amide bonds. The summed E-state index contributed by atoms with van der Waals surface area (Å²) in [5, 5.41) is 14.0. The van der Waals surface area contributed by atoms with E-state index >= 15 is 0 Å². The highest BCUT2D eigenvalue weighted by Crippen LogP contribution is 2.27. The molecule has 110 valence electrons. The number of rotatable bonds is 4. The van der Waals surface area contributed by atoms with Crippen LogP contribution in [0.4, 0.5) is 0 Å². The number of aromatic carboxylic acids is 1. The lowest BCUT2D eigenvalue weighted by Crippen LogP contribution is -2.06. The molecule has 0 radical (unpaired) electrons. The van der Waals surface area contributed by atoms with Crippen molar-refractivity contribution in [3.63, 3.8) is 0 Å². The maximum atomic E-state index is 11.6. The number of aryl methyl sites for hydroxylation is 1. The Morgan fingerprint density at radius 3 is 2.23 bits per heavy atom. The smallest absolute Gasteiger partial charge is 0.339 e. The first kappa shape index (κ1) is 14.1. The van der Waals surface area contributed by atoms with Gasteiger partial charge >= 0.3 is 5.97 Å². The second kappa shape index (κ2) is 5.85. The molecule has 4 heteroatoms. The maximum Gasteiger partial charge on any atom is 0.339 e. The van der Waals surface area contributed by atoms with Gasteiger partial charge in [-0.1, -0.05) is 60.7 Å². The first-order valence-electron chi connectivity index (χ1n) is 7.07. The fraction of sp³-hybridized carbons (Fsp3) is 0.111. The zero-order valence-corrected chi connectivity index (χ0v) is 12.2. The van der Waals surface area contributed by atoms with E-state index in [1.54, 1.807) is 11.6 Å². The number of nitrogens with zero attached hydrogens (tertiary/aromatic N) is 2. The van der Waals surface area contributed by atoms with Gasteiger partial charge in [0.05, 0.1) is 17.9 Å². The van der Waals surface area contributed by atoms with Crippen LogP contribution in [0.25, 0.3) is 11.3 Å². The molecule has 3 rings (SSSR count). The molecule has 0 unspecified atom stereocenters. The van der Waals surface area contributed by atoms with Crippen LogP contribution in [0.5, 0.6) is 0 Å². The van der Waals surface area contributed by atoms with Crippen molar-refractivity contribution in [2.24, 2.45) is 0 Å². The fourth-order valence-electron chi connectivity index (χ4n) is 2.60. The number of aromatic nitrogens is 2. The highest BCUT2D eigenvalue weighted by Gasteiger charge is 2.22. The predicted octanol–water partition coefficient (Wildman–Crippen LogP) is 3.61. The molecule has 0 bridgehead atoms. The van der Waals surface area contributed by atoms with E-state index in [1.807, 2.05) is 60.7 Å². The summed E-state index contributed by atoms with van der Waals surface area (Å²) in [5.41, 5.74) is 3.38. The molecule has 3 aromatic rings. The largest absolute Gasteiger partial charge is 0.478 e. The van der Waals surface area contributed by atoms with Crippen LogP contribution in [0.1, 0.15) is 21.6 Å². The lowest BCUT2D eigenvalue weighted by molar-refractivity contribution is 0.0697. The number of carbonyl (C=O) groups is 1. The summed E-state index contributed by atoms with van der Waals surface area (Å²) in [6.07, 6.45) is 0. The van der Waals surface area contributed by atoms with Crippen molar-refractivity contribution in [1.29, 1.82) is 0 Å². The van der Waals surface area contributed by atoms with Crippen LogP contribution in [-0.4, -0.2) is 20.9 Å². The third-order valence-electron chi connectivity index (χ3n) is 3.56. The van der Waals surface area contributed by atoms with Gasteiger partial charge in [0.25, 0.3) is 0 Å². The lowest BCUT2D eigenvalue weighted by Gasteiger charge is -2.09. The Morgan fingerprint density at radius 2 is 1.64 bits per heavy atom. The van der Waals surface area contributed by atoms with Crippen molar-refractivity contribution >= 4 is 5.97 Å². The molecule has 22 heavy (non-hydrogen) atoms. The number of hydrogen-bond donors (Lipinski definition) is 1. The van der Waals surface area contributed by atoms with Gasteiger partial charge in [0.15, 0.2) is 0 Å². The Labute approximate surface area is 128 Å². The fourth-order valence-corrected chi connectivity index (χ4v) is 2.60. The monoisotopic (exact) mass is 292 g/mol. The van der Waals surface area contributed by atoms with E-state index in [0.29, 0.717) is 17.9 Å². The summed E-state index contributed by atoms with van der Waals surface area (Å²) >= 11 is 0. The molecular weight excluding hydrogens is 276 g/mol. The lowest BCUT2D eigenvalue weighted by atomic mass is 10.1. The van der Waals surface area contributed by atoms with Crippen molar-refractivity contribution in [3.05, 3.63) is 77.5 Å². The Balaban J connectivity index is 2.14. The van der Waals surface area contributed by atoms with Crippen molar-refractivity contribution < 1.29 is 9.90 Å². The molecule has 0 atom stereocenters. The van der Waals surface area contributed by atoms with Crippen LogP contribution in [0.15, 0.2) is 60.7 Å². The Hall–Kier alpha value is -2.88. The Bertz CT molecular complexity index is 793. The zero-order chi connectivity index (χ0) is 15.5.